The van der Waals surface area contributed by atoms with Crippen molar-refractivity contribution < 1.29 is 4.92 Å². The molecule has 0 bridgehead atoms. The first-order valence-corrected chi connectivity index (χ1v) is 6.49. The smallest absolute Gasteiger partial charge is 0.293 e. The highest BCUT2D eigenvalue weighted by Gasteiger charge is 2.14. The van der Waals surface area contributed by atoms with Crippen molar-refractivity contribution in [2.24, 2.45) is 0 Å². The van der Waals surface area contributed by atoms with Crippen molar-refractivity contribution >= 4 is 33.0 Å². The standard InChI is InChI=1S/C14H7BrN4O2/c15-11-2-4-13(14(6-11)19(20)21)18-12-3-1-9(7-16)10(5-12)8-17/h1-6,18H. The van der Waals surface area contributed by atoms with Gasteiger partial charge < -0.3 is 5.32 Å². The summed E-state index contributed by atoms with van der Waals surface area (Å²) in [6, 6.07) is 13.0. The summed E-state index contributed by atoms with van der Waals surface area (Å²) in [5, 5.41) is 31.8. The highest BCUT2D eigenvalue weighted by Crippen LogP contribution is 2.31. The molecule has 0 fully saturated rings. The van der Waals surface area contributed by atoms with Crippen LogP contribution in [0.4, 0.5) is 17.1 Å². The fourth-order valence-electron chi connectivity index (χ4n) is 1.73. The number of nitro groups is 1. The van der Waals surface area contributed by atoms with Crippen LogP contribution in [-0.2, 0) is 0 Å². The van der Waals surface area contributed by atoms with Crippen molar-refractivity contribution in [3.63, 3.8) is 0 Å². The second kappa shape index (κ2) is 6.04. The predicted molar refractivity (Wildman–Crippen MR) is 80.0 cm³/mol. The number of benzene rings is 2. The van der Waals surface area contributed by atoms with Gasteiger partial charge >= 0.3 is 0 Å². The largest absolute Gasteiger partial charge is 0.350 e. The first kappa shape index (κ1) is 14.5. The summed E-state index contributed by atoms with van der Waals surface area (Å²) in [5.74, 6) is 0. The summed E-state index contributed by atoms with van der Waals surface area (Å²) < 4.78 is 0.595. The van der Waals surface area contributed by atoms with Gasteiger partial charge in [-0.2, -0.15) is 10.5 Å². The van der Waals surface area contributed by atoms with Crippen molar-refractivity contribution in [1.82, 2.24) is 0 Å². The summed E-state index contributed by atoms with van der Waals surface area (Å²) in [7, 11) is 0. The monoisotopic (exact) mass is 342 g/mol. The average Bonchev–Trinajstić information content (AvgIpc) is 2.48. The zero-order valence-corrected chi connectivity index (χ0v) is 12.1. The molecule has 0 radical (unpaired) electrons. The summed E-state index contributed by atoms with van der Waals surface area (Å²) in [5.41, 5.74) is 1.18. The molecule has 0 unspecified atom stereocenters. The van der Waals surface area contributed by atoms with E-state index in [9.17, 15) is 10.1 Å². The molecule has 1 N–H and O–H groups in total. The third-order valence-corrected chi connectivity index (χ3v) is 3.19. The van der Waals surface area contributed by atoms with Crippen LogP contribution in [-0.4, -0.2) is 4.92 Å². The van der Waals surface area contributed by atoms with E-state index in [-0.39, 0.29) is 16.8 Å². The number of nitrogens with zero attached hydrogens (tertiary/aromatic N) is 3. The van der Waals surface area contributed by atoms with E-state index < -0.39 is 4.92 Å². The quantitative estimate of drug-likeness (QED) is 0.674. The molecule has 0 amide bonds. The Morgan fingerprint density at radius 2 is 1.81 bits per heavy atom. The van der Waals surface area contributed by atoms with Crippen LogP contribution < -0.4 is 5.32 Å². The molecule has 0 aromatic heterocycles. The number of hydrogen-bond acceptors (Lipinski definition) is 5. The van der Waals surface area contributed by atoms with Gasteiger partial charge in [0.1, 0.15) is 17.8 Å². The van der Waals surface area contributed by atoms with Gasteiger partial charge in [0.2, 0.25) is 0 Å². The third-order valence-electron chi connectivity index (χ3n) is 2.70. The molecule has 21 heavy (non-hydrogen) atoms. The fraction of sp³-hybridized carbons (Fsp3) is 0. The van der Waals surface area contributed by atoms with E-state index in [0.717, 1.165) is 0 Å². The van der Waals surface area contributed by atoms with Crippen molar-refractivity contribution in [3.8, 4) is 12.1 Å². The predicted octanol–water partition coefficient (Wildman–Crippen LogP) is 3.84. The number of rotatable bonds is 3. The zero-order valence-electron chi connectivity index (χ0n) is 10.5. The summed E-state index contributed by atoms with van der Waals surface area (Å²) >= 11 is 3.18. The Bertz CT molecular complexity index is 806. The Labute approximate surface area is 128 Å². The van der Waals surface area contributed by atoms with Crippen molar-refractivity contribution in [3.05, 3.63) is 62.1 Å². The fourth-order valence-corrected chi connectivity index (χ4v) is 2.08. The molecule has 6 nitrogen and oxygen atoms in total. The van der Waals surface area contributed by atoms with Gasteiger partial charge in [0.05, 0.1) is 16.1 Å². The number of hydrogen-bond donors (Lipinski definition) is 1. The zero-order chi connectivity index (χ0) is 15.4. The lowest BCUT2D eigenvalue weighted by Crippen LogP contribution is -1.98. The molecule has 2 aromatic carbocycles. The van der Waals surface area contributed by atoms with E-state index in [4.69, 9.17) is 10.5 Å². The second-order valence-corrected chi connectivity index (χ2v) is 4.94. The van der Waals surface area contributed by atoms with Crippen molar-refractivity contribution in [1.29, 1.82) is 10.5 Å². The van der Waals surface area contributed by atoms with E-state index >= 15 is 0 Å². The number of nitriles is 2. The lowest BCUT2D eigenvalue weighted by atomic mass is 10.1. The lowest BCUT2D eigenvalue weighted by molar-refractivity contribution is -0.384. The molecule has 2 aromatic rings. The molecule has 0 spiro atoms. The first-order valence-electron chi connectivity index (χ1n) is 5.70. The molecule has 0 aliphatic heterocycles. The molecule has 2 rings (SSSR count). The van der Waals surface area contributed by atoms with Gasteiger partial charge in [-0.1, -0.05) is 15.9 Å². The maximum atomic E-state index is 11.0. The Morgan fingerprint density at radius 3 is 2.43 bits per heavy atom. The normalized spacial score (nSPS) is 9.48. The van der Waals surface area contributed by atoms with Crippen LogP contribution in [0.5, 0.6) is 0 Å². The Balaban J connectivity index is 2.42. The Morgan fingerprint density at radius 1 is 1.10 bits per heavy atom. The van der Waals surface area contributed by atoms with Gasteiger partial charge in [0.15, 0.2) is 0 Å². The molecular formula is C14H7BrN4O2. The summed E-state index contributed by atoms with van der Waals surface area (Å²) in [4.78, 5) is 10.5. The van der Waals surface area contributed by atoms with Crippen molar-refractivity contribution in [2.45, 2.75) is 0 Å². The molecule has 102 valence electrons. The van der Waals surface area contributed by atoms with Crippen LogP contribution in [0.3, 0.4) is 0 Å². The van der Waals surface area contributed by atoms with Crippen LogP contribution in [0.2, 0.25) is 0 Å². The molecule has 0 aliphatic rings. The summed E-state index contributed by atoms with van der Waals surface area (Å²) in [6.07, 6.45) is 0. The lowest BCUT2D eigenvalue weighted by Gasteiger charge is -2.08. The minimum Gasteiger partial charge on any atom is -0.350 e. The highest BCUT2D eigenvalue weighted by atomic mass is 79.9. The molecule has 0 aliphatic carbocycles. The van der Waals surface area contributed by atoms with Gasteiger partial charge in [-0.3, -0.25) is 10.1 Å². The second-order valence-electron chi connectivity index (χ2n) is 4.03. The van der Waals surface area contributed by atoms with Crippen LogP contribution in [0.15, 0.2) is 40.9 Å². The van der Waals surface area contributed by atoms with Crippen LogP contribution >= 0.6 is 15.9 Å². The number of anilines is 2. The molecular weight excluding hydrogens is 336 g/mol. The Hall–Kier alpha value is -2.90. The highest BCUT2D eigenvalue weighted by molar-refractivity contribution is 9.10. The van der Waals surface area contributed by atoms with E-state index in [1.807, 2.05) is 12.1 Å². The van der Waals surface area contributed by atoms with E-state index in [1.54, 1.807) is 18.2 Å². The number of halogens is 1. The van der Waals surface area contributed by atoms with E-state index in [2.05, 4.69) is 21.2 Å². The van der Waals surface area contributed by atoms with Gasteiger partial charge in [0.25, 0.3) is 5.69 Å². The molecule has 0 saturated carbocycles. The molecule has 7 heteroatoms. The number of nitro benzene ring substituents is 1. The van der Waals surface area contributed by atoms with Crippen molar-refractivity contribution in [2.75, 3.05) is 5.32 Å². The number of nitrogens with one attached hydrogen (secondary N) is 1. The molecule has 0 saturated heterocycles. The van der Waals surface area contributed by atoms with E-state index in [1.165, 1.54) is 18.2 Å². The maximum absolute atomic E-state index is 11.0. The first-order chi connectivity index (χ1) is 10.0. The van der Waals surface area contributed by atoms with Crippen LogP contribution in [0.1, 0.15) is 11.1 Å². The van der Waals surface area contributed by atoms with Gasteiger partial charge in [-0.25, -0.2) is 0 Å². The van der Waals surface area contributed by atoms with Gasteiger partial charge in [-0.05, 0) is 30.3 Å². The molecule has 0 heterocycles. The van der Waals surface area contributed by atoms with Gasteiger partial charge in [0, 0.05) is 16.2 Å². The maximum Gasteiger partial charge on any atom is 0.293 e. The minimum atomic E-state index is -0.498. The van der Waals surface area contributed by atoms with E-state index in [0.29, 0.717) is 15.8 Å². The van der Waals surface area contributed by atoms with Gasteiger partial charge in [-0.15, -0.1) is 0 Å². The minimum absolute atomic E-state index is 0.0905. The SMILES string of the molecule is N#Cc1ccc(Nc2ccc(Br)cc2[N+](=O)[O-])cc1C#N. The average molecular weight is 343 g/mol. The Kier molecular flexibility index (Phi) is 4.17. The summed E-state index contributed by atoms with van der Waals surface area (Å²) in [6.45, 7) is 0. The topological polar surface area (TPSA) is 103 Å². The van der Waals surface area contributed by atoms with Crippen LogP contribution in [0, 0.1) is 32.8 Å². The van der Waals surface area contributed by atoms with Crippen LogP contribution in [0.25, 0.3) is 0 Å². The molecule has 0 atom stereocenters. The third kappa shape index (κ3) is 3.16.